The van der Waals surface area contributed by atoms with E-state index in [0.29, 0.717) is 36.0 Å². The van der Waals surface area contributed by atoms with Gasteiger partial charge in [-0.1, -0.05) is 17.7 Å². The van der Waals surface area contributed by atoms with E-state index < -0.39 is 6.10 Å². The Labute approximate surface area is 158 Å². The average Bonchev–Trinajstić information content (AvgIpc) is 3.04. The number of rotatable bonds is 7. The zero-order chi connectivity index (χ0) is 19.6. The van der Waals surface area contributed by atoms with Crippen molar-refractivity contribution in [2.24, 2.45) is 0 Å². The lowest BCUT2D eigenvalue weighted by atomic mass is 10.1. The van der Waals surface area contributed by atoms with Gasteiger partial charge < -0.3 is 25.4 Å². The van der Waals surface area contributed by atoms with Crippen molar-refractivity contribution in [2.75, 3.05) is 17.2 Å². The second-order valence-corrected chi connectivity index (χ2v) is 7.03. The van der Waals surface area contributed by atoms with Gasteiger partial charge in [0.15, 0.2) is 17.0 Å². The first-order chi connectivity index (χ1) is 12.8. The summed E-state index contributed by atoms with van der Waals surface area (Å²) in [4.78, 5) is 13.5. The van der Waals surface area contributed by atoms with Crippen LogP contribution < -0.4 is 10.6 Å². The Hall–Kier alpha value is -2.87. The summed E-state index contributed by atoms with van der Waals surface area (Å²) < 4.78 is 1.97. The van der Waals surface area contributed by atoms with Gasteiger partial charge in [0, 0.05) is 24.7 Å². The van der Waals surface area contributed by atoms with Crippen LogP contribution in [0.2, 0.25) is 0 Å². The van der Waals surface area contributed by atoms with Gasteiger partial charge in [0.25, 0.3) is 0 Å². The lowest BCUT2D eigenvalue weighted by Crippen LogP contribution is -2.18. The van der Waals surface area contributed by atoms with E-state index in [1.54, 1.807) is 19.3 Å². The van der Waals surface area contributed by atoms with E-state index in [2.05, 4.69) is 39.4 Å². The van der Waals surface area contributed by atoms with Crippen molar-refractivity contribution >= 4 is 22.9 Å². The topological polar surface area (TPSA) is 108 Å². The van der Waals surface area contributed by atoms with Crippen molar-refractivity contribution in [1.82, 2.24) is 19.5 Å². The molecule has 27 heavy (non-hydrogen) atoms. The van der Waals surface area contributed by atoms with E-state index in [1.165, 1.54) is 0 Å². The summed E-state index contributed by atoms with van der Waals surface area (Å²) in [6.07, 6.45) is 1.23. The number of hydrogen-bond acceptors (Lipinski definition) is 7. The number of benzene rings is 1. The highest BCUT2D eigenvalue weighted by Crippen LogP contribution is 2.25. The standard InChI is InChI=1S/C19H26N6O2/c1-11(2)25-10-22-16-17(20-9-14-7-12(3)5-6-15(14)27)23-19(24-18(16)25)21-8-13(4)26/h5-7,10-11,13,26-27H,8-9H2,1-4H3,(H2,20,21,23,24). The molecule has 0 saturated heterocycles. The third kappa shape index (κ3) is 4.28. The number of aromatic hydroxyl groups is 1. The van der Waals surface area contributed by atoms with E-state index >= 15 is 0 Å². The van der Waals surface area contributed by atoms with E-state index in [-0.39, 0.29) is 11.8 Å². The van der Waals surface area contributed by atoms with Gasteiger partial charge in [-0.05, 0) is 33.8 Å². The van der Waals surface area contributed by atoms with Gasteiger partial charge in [-0.3, -0.25) is 0 Å². The van der Waals surface area contributed by atoms with Crippen LogP contribution in [0, 0.1) is 6.92 Å². The van der Waals surface area contributed by atoms with E-state index in [0.717, 1.165) is 11.1 Å². The number of aromatic nitrogens is 4. The van der Waals surface area contributed by atoms with Gasteiger partial charge in [-0.25, -0.2) is 4.98 Å². The minimum absolute atomic E-state index is 0.197. The van der Waals surface area contributed by atoms with Crippen molar-refractivity contribution in [3.8, 4) is 5.75 Å². The van der Waals surface area contributed by atoms with Gasteiger partial charge in [-0.2, -0.15) is 9.97 Å². The minimum Gasteiger partial charge on any atom is -0.508 e. The summed E-state index contributed by atoms with van der Waals surface area (Å²) in [6.45, 7) is 8.55. The molecule has 0 aliphatic heterocycles. The summed E-state index contributed by atoms with van der Waals surface area (Å²) >= 11 is 0. The molecule has 3 aromatic rings. The van der Waals surface area contributed by atoms with Crippen LogP contribution in [-0.2, 0) is 6.54 Å². The Balaban J connectivity index is 1.95. The lowest BCUT2D eigenvalue weighted by molar-refractivity contribution is 0.208. The summed E-state index contributed by atoms with van der Waals surface area (Å²) in [6, 6.07) is 5.68. The summed E-state index contributed by atoms with van der Waals surface area (Å²) in [5.74, 6) is 1.23. The summed E-state index contributed by atoms with van der Waals surface area (Å²) in [5.41, 5.74) is 3.23. The number of nitrogens with zero attached hydrogens (tertiary/aromatic N) is 4. The number of phenolic OH excluding ortho intramolecular Hbond substituents is 1. The normalized spacial score (nSPS) is 12.5. The van der Waals surface area contributed by atoms with Crippen molar-refractivity contribution in [1.29, 1.82) is 0 Å². The Morgan fingerprint density at radius 1 is 1.15 bits per heavy atom. The maximum Gasteiger partial charge on any atom is 0.226 e. The fourth-order valence-corrected chi connectivity index (χ4v) is 2.77. The van der Waals surface area contributed by atoms with Gasteiger partial charge in [0.05, 0.1) is 12.4 Å². The highest BCUT2D eigenvalue weighted by atomic mass is 16.3. The first-order valence-electron chi connectivity index (χ1n) is 9.04. The van der Waals surface area contributed by atoms with Gasteiger partial charge in [0.2, 0.25) is 5.95 Å². The Bertz CT molecular complexity index is 935. The maximum atomic E-state index is 10.1. The molecule has 0 aliphatic rings. The molecule has 0 amide bonds. The Morgan fingerprint density at radius 3 is 2.63 bits per heavy atom. The predicted molar refractivity (Wildman–Crippen MR) is 106 cm³/mol. The molecule has 3 rings (SSSR count). The zero-order valence-electron chi connectivity index (χ0n) is 16.1. The molecular formula is C19H26N6O2. The first kappa shape index (κ1) is 18.9. The third-order valence-electron chi connectivity index (χ3n) is 4.21. The number of aliphatic hydroxyl groups is 1. The fraction of sp³-hybridized carbons (Fsp3) is 0.421. The number of hydrogen-bond donors (Lipinski definition) is 4. The monoisotopic (exact) mass is 370 g/mol. The molecule has 2 aromatic heterocycles. The van der Waals surface area contributed by atoms with Crippen molar-refractivity contribution in [3.05, 3.63) is 35.7 Å². The van der Waals surface area contributed by atoms with E-state index in [1.807, 2.05) is 23.6 Å². The highest BCUT2D eigenvalue weighted by Gasteiger charge is 2.15. The molecule has 8 heteroatoms. The molecular weight excluding hydrogens is 344 g/mol. The zero-order valence-corrected chi connectivity index (χ0v) is 16.1. The Kier molecular flexibility index (Phi) is 5.46. The molecule has 4 N–H and O–H groups in total. The molecule has 8 nitrogen and oxygen atoms in total. The van der Waals surface area contributed by atoms with E-state index in [9.17, 15) is 10.2 Å². The summed E-state index contributed by atoms with van der Waals surface area (Å²) in [5, 5.41) is 25.9. The smallest absolute Gasteiger partial charge is 0.226 e. The van der Waals surface area contributed by atoms with Crippen LogP contribution in [0.15, 0.2) is 24.5 Å². The molecule has 0 radical (unpaired) electrons. The summed E-state index contributed by atoms with van der Waals surface area (Å²) in [7, 11) is 0. The SMILES string of the molecule is Cc1ccc(O)c(CNc2nc(NCC(C)O)nc3c2ncn3C(C)C)c1. The molecule has 0 spiro atoms. The second-order valence-electron chi connectivity index (χ2n) is 7.03. The highest BCUT2D eigenvalue weighted by molar-refractivity contribution is 5.84. The minimum atomic E-state index is -0.514. The van der Waals surface area contributed by atoms with Crippen LogP contribution in [-0.4, -0.2) is 42.4 Å². The molecule has 0 saturated carbocycles. The molecule has 0 bridgehead atoms. The number of anilines is 2. The lowest BCUT2D eigenvalue weighted by Gasteiger charge is -2.13. The largest absolute Gasteiger partial charge is 0.508 e. The number of imidazole rings is 1. The molecule has 0 fully saturated rings. The van der Waals surface area contributed by atoms with Gasteiger partial charge >= 0.3 is 0 Å². The number of aliphatic hydroxyl groups excluding tert-OH is 1. The number of fused-ring (bicyclic) bond motifs is 1. The van der Waals surface area contributed by atoms with Gasteiger partial charge in [-0.15, -0.1) is 0 Å². The maximum absolute atomic E-state index is 10.1. The molecule has 144 valence electrons. The van der Waals surface area contributed by atoms with Crippen LogP contribution in [0.4, 0.5) is 11.8 Å². The van der Waals surface area contributed by atoms with Crippen LogP contribution in [0.3, 0.4) is 0 Å². The fourth-order valence-electron chi connectivity index (χ4n) is 2.77. The van der Waals surface area contributed by atoms with Crippen molar-refractivity contribution in [3.63, 3.8) is 0 Å². The number of aryl methyl sites for hydroxylation is 1. The molecule has 2 heterocycles. The first-order valence-corrected chi connectivity index (χ1v) is 9.04. The molecule has 1 unspecified atom stereocenters. The third-order valence-corrected chi connectivity index (χ3v) is 4.21. The van der Waals surface area contributed by atoms with Crippen LogP contribution in [0.1, 0.15) is 37.9 Å². The van der Waals surface area contributed by atoms with Crippen LogP contribution in [0.25, 0.3) is 11.2 Å². The number of phenols is 1. The average molecular weight is 370 g/mol. The van der Waals surface area contributed by atoms with Gasteiger partial charge in [0.1, 0.15) is 5.75 Å². The van der Waals surface area contributed by atoms with E-state index in [4.69, 9.17) is 0 Å². The molecule has 0 aliphatic carbocycles. The molecule has 1 aromatic carbocycles. The number of nitrogens with one attached hydrogen (secondary N) is 2. The van der Waals surface area contributed by atoms with Crippen LogP contribution in [0.5, 0.6) is 5.75 Å². The Morgan fingerprint density at radius 2 is 1.93 bits per heavy atom. The predicted octanol–water partition coefficient (Wildman–Crippen LogP) is 2.83. The van der Waals surface area contributed by atoms with Crippen molar-refractivity contribution in [2.45, 2.75) is 46.4 Å². The quantitative estimate of drug-likeness (QED) is 0.506. The van der Waals surface area contributed by atoms with Crippen LogP contribution >= 0.6 is 0 Å². The van der Waals surface area contributed by atoms with Crippen molar-refractivity contribution < 1.29 is 10.2 Å². The second kappa shape index (κ2) is 7.79. The molecule has 1 atom stereocenters.